The number of aromatic amines is 1. The van der Waals surface area contributed by atoms with Crippen molar-refractivity contribution in [2.24, 2.45) is 0 Å². The van der Waals surface area contributed by atoms with Crippen molar-refractivity contribution in [2.75, 3.05) is 0 Å². The average Bonchev–Trinajstić information content (AvgIpc) is 3.24. The first-order chi connectivity index (χ1) is 13.7. The number of carbonyl (C=O) groups is 1. The Labute approximate surface area is 164 Å². The van der Waals surface area contributed by atoms with Crippen LogP contribution >= 0.6 is 0 Å². The minimum atomic E-state index is -4.60. The number of alkyl halides is 3. The molecule has 148 valence electrons. The molecule has 0 radical (unpaired) electrons. The van der Waals surface area contributed by atoms with Gasteiger partial charge in [0.1, 0.15) is 0 Å². The molecule has 0 bridgehead atoms. The maximum Gasteiger partial charge on any atom is 0.418 e. The number of hydrogen-bond acceptors (Lipinski definition) is 1. The average molecular weight is 398 g/mol. The minimum Gasteiger partial charge on any atom is -0.478 e. The molecule has 4 aromatic rings. The van der Waals surface area contributed by atoms with Crippen molar-refractivity contribution in [2.45, 2.75) is 20.0 Å². The van der Waals surface area contributed by atoms with Crippen LogP contribution in [0.15, 0.2) is 54.7 Å². The Hall–Kier alpha value is -3.48. The number of aromatic carboxylic acids is 1. The lowest BCUT2D eigenvalue weighted by Crippen LogP contribution is -2.13. The smallest absolute Gasteiger partial charge is 0.418 e. The molecule has 0 aliphatic heterocycles. The molecule has 0 amide bonds. The molecule has 29 heavy (non-hydrogen) atoms. The standard InChI is InChI=1S/C22H17F3N2O2/c1-12-9-17(21(28)29)13(2)27(12)20-6-4-15(11-18(20)22(23,24)25)14-3-5-19-16(10-14)7-8-26-19/h3-11,26H,1-2H3,(H,28,29). The second kappa shape index (κ2) is 6.55. The van der Waals surface area contributed by atoms with Crippen molar-refractivity contribution < 1.29 is 23.1 Å². The van der Waals surface area contributed by atoms with E-state index in [1.54, 1.807) is 25.3 Å². The fourth-order valence-corrected chi connectivity index (χ4v) is 3.72. The number of nitrogens with zero attached hydrogens (tertiary/aromatic N) is 1. The number of rotatable bonds is 3. The van der Waals surface area contributed by atoms with Gasteiger partial charge in [0.15, 0.2) is 0 Å². The van der Waals surface area contributed by atoms with E-state index in [1.165, 1.54) is 23.6 Å². The summed E-state index contributed by atoms with van der Waals surface area (Å²) in [6.45, 7) is 3.09. The molecular weight excluding hydrogens is 381 g/mol. The third-order valence-corrected chi connectivity index (χ3v) is 5.09. The SMILES string of the molecule is Cc1cc(C(=O)O)c(C)n1-c1ccc(-c2ccc3[nH]ccc3c2)cc1C(F)(F)F. The number of carboxylic acid groups (broad SMARTS) is 1. The second-order valence-corrected chi connectivity index (χ2v) is 6.93. The van der Waals surface area contributed by atoms with Gasteiger partial charge in [-0.2, -0.15) is 13.2 Å². The Morgan fingerprint density at radius 3 is 2.34 bits per heavy atom. The van der Waals surface area contributed by atoms with Crippen LogP contribution in [0.3, 0.4) is 0 Å². The van der Waals surface area contributed by atoms with Crippen molar-refractivity contribution in [1.82, 2.24) is 9.55 Å². The summed E-state index contributed by atoms with van der Waals surface area (Å²) in [7, 11) is 0. The van der Waals surface area contributed by atoms with E-state index in [2.05, 4.69) is 4.98 Å². The fraction of sp³-hybridized carbons (Fsp3) is 0.136. The summed E-state index contributed by atoms with van der Waals surface area (Å²) in [5.41, 5.74) is 1.76. The predicted octanol–water partition coefficient (Wildman–Crippen LogP) is 5.96. The first-order valence-corrected chi connectivity index (χ1v) is 8.88. The summed E-state index contributed by atoms with van der Waals surface area (Å²) in [5.74, 6) is -1.17. The molecule has 4 nitrogen and oxygen atoms in total. The minimum absolute atomic E-state index is 0.0161. The van der Waals surface area contributed by atoms with E-state index in [0.29, 0.717) is 16.8 Å². The van der Waals surface area contributed by atoms with Crippen molar-refractivity contribution >= 4 is 16.9 Å². The number of fused-ring (bicyclic) bond motifs is 1. The third kappa shape index (κ3) is 3.18. The lowest BCUT2D eigenvalue weighted by molar-refractivity contribution is -0.137. The van der Waals surface area contributed by atoms with Crippen LogP contribution in [0.5, 0.6) is 0 Å². The summed E-state index contributed by atoms with van der Waals surface area (Å²) < 4.78 is 43.1. The Morgan fingerprint density at radius 2 is 1.69 bits per heavy atom. The maximum absolute atomic E-state index is 13.9. The van der Waals surface area contributed by atoms with Crippen LogP contribution < -0.4 is 0 Å². The fourth-order valence-electron chi connectivity index (χ4n) is 3.72. The highest BCUT2D eigenvalue weighted by atomic mass is 19.4. The van der Waals surface area contributed by atoms with Crippen molar-refractivity contribution in [3.8, 4) is 16.8 Å². The largest absolute Gasteiger partial charge is 0.478 e. The molecule has 0 atom stereocenters. The zero-order valence-electron chi connectivity index (χ0n) is 15.6. The highest BCUT2D eigenvalue weighted by Gasteiger charge is 2.35. The van der Waals surface area contributed by atoms with E-state index in [-0.39, 0.29) is 16.9 Å². The molecule has 0 spiro atoms. The van der Waals surface area contributed by atoms with Crippen molar-refractivity contribution in [1.29, 1.82) is 0 Å². The zero-order chi connectivity index (χ0) is 20.9. The van der Waals surface area contributed by atoms with Crippen LogP contribution in [-0.4, -0.2) is 20.6 Å². The van der Waals surface area contributed by atoms with Gasteiger partial charge in [0.25, 0.3) is 0 Å². The normalized spacial score (nSPS) is 11.9. The summed E-state index contributed by atoms with van der Waals surface area (Å²) >= 11 is 0. The molecule has 2 aromatic heterocycles. The van der Waals surface area contributed by atoms with E-state index in [9.17, 15) is 23.1 Å². The lowest BCUT2D eigenvalue weighted by atomic mass is 10.00. The van der Waals surface area contributed by atoms with Crippen LogP contribution in [-0.2, 0) is 6.18 Å². The summed E-state index contributed by atoms with van der Waals surface area (Å²) in [6, 6.07) is 12.8. The van der Waals surface area contributed by atoms with Gasteiger partial charge in [-0.05, 0) is 66.8 Å². The van der Waals surface area contributed by atoms with Gasteiger partial charge in [-0.15, -0.1) is 0 Å². The molecule has 2 N–H and O–H groups in total. The first-order valence-electron chi connectivity index (χ1n) is 8.88. The van der Waals surface area contributed by atoms with Gasteiger partial charge in [0.2, 0.25) is 0 Å². The number of halogens is 3. The van der Waals surface area contributed by atoms with E-state index < -0.39 is 17.7 Å². The van der Waals surface area contributed by atoms with Crippen LogP contribution in [0.25, 0.3) is 27.7 Å². The number of benzene rings is 2. The van der Waals surface area contributed by atoms with Crippen molar-refractivity contribution in [3.63, 3.8) is 0 Å². The van der Waals surface area contributed by atoms with Gasteiger partial charge in [-0.25, -0.2) is 4.79 Å². The van der Waals surface area contributed by atoms with Gasteiger partial charge in [-0.1, -0.05) is 12.1 Å². The molecule has 0 aliphatic carbocycles. The lowest BCUT2D eigenvalue weighted by Gasteiger charge is -2.18. The Balaban J connectivity index is 1.92. The zero-order valence-corrected chi connectivity index (χ0v) is 15.6. The van der Waals surface area contributed by atoms with Crippen molar-refractivity contribution in [3.05, 3.63) is 77.2 Å². The summed E-state index contributed by atoms with van der Waals surface area (Å²) in [6.07, 6.45) is -2.83. The van der Waals surface area contributed by atoms with Crippen LogP contribution in [0.2, 0.25) is 0 Å². The second-order valence-electron chi connectivity index (χ2n) is 6.93. The van der Waals surface area contributed by atoms with Gasteiger partial charge in [0.05, 0.1) is 16.8 Å². The Bertz CT molecular complexity index is 1250. The van der Waals surface area contributed by atoms with Gasteiger partial charge in [-0.3, -0.25) is 0 Å². The number of hydrogen-bond donors (Lipinski definition) is 2. The maximum atomic E-state index is 13.9. The van der Waals surface area contributed by atoms with Gasteiger partial charge >= 0.3 is 12.1 Å². The monoisotopic (exact) mass is 398 g/mol. The molecule has 0 unspecified atom stereocenters. The molecule has 0 fully saturated rings. The van der Waals surface area contributed by atoms with Crippen LogP contribution in [0.4, 0.5) is 13.2 Å². The highest BCUT2D eigenvalue weighted by Crippen LogP contribution is 2.38. The number of aryl methyl sites for hydroxylation is 1. The molecule has 2 heterocycles. The number of aromatic nitrogens is 2. The number of carboxylic acids is 1. The van der Waals surface area contributed by atoms with E-state index in [1.807, 2.05) is 18.2 Å². The topological polar surface area (TPSA) is 58.0 Å². The first kappa shape index (κ1) is 18.9. The Kier molecular flexibility index (Phi) is 4.26. The quantitative estimate of drug-likeness (QED) is 0.447. The number of H-pyrrole nitrogens is 1. The molecule has 0 saturated heterocycles. The Morgan fingerprint density at radius 1 is 1.00 bits per heavy atom. The van der Waals surface area contributed by atoms with E-state index >= 15 is 0 Å². The number of nitrogens with one attached hydrogen (secondary N) is 1. The predicted molar refractivity (Wildman–Crippen MR) is 104 cm³/mol. The highest BCUT2D eigenvalue weighted by molar-refractivity contribution is 5.90. The van der Waals surface area contributed by atoms with Crippen LogP contribution in [0.1, 0.15) is 27.3 Å². The van der Waals surface area contributed by atoms with Gasteiger partial charge < -0.3 is 14.7 Å². The molecule has 7 heteroatoms. The molecule has 0 saturated carbocycles. The van der Waals surface area contributed by atoms with Gasteiger partial charge in [0, 0.05) is 23.1 Å². The third-order valence-electron chi connectivity index (χ3n) is 5.09. The summed E-state index contributed by atoms with van der Waals surface area (Å²) in [4.78, 5) is 14.4. The summed E-state index contributed by atoms with van der Waals surface area (Å²) in [5, 5.41) is 10.2. The molecule has 2 aromatic carbocycles. The van der Waals surface area contributed by atoms with E-state index in [4.69, 9.17) is 0 Å². The molecule has 0 aliphatic rings. The molecular formula is C22H17F3N2O2. The van der Waals surface area contributed by atoms with Crippen LogP contribution in [0, 0.1) is 13.8 Å². The van der Waals surface area contributed by atoms with E-state index in [0.717, 1.165) is 17.0 Å². The molecule has 4 rings (SSSR count).